The van der Waals surface area contributed by atoms with Gasteiger partial charge in [-0.05, 0) is 48.2 Å². The zero-order chi connectivity index (χ0) is 24.6. The van der Waals surface area contributed by atoms with Gasteiger partial charge in [0.15, 0.2) is 0 Å². The van der Waals surface area contributed by atoms with Crippen molar-refractivity contribution in [2.24, 2.45) is 0 Å². The van der Waals surface area contributed by atoms with Gasteiger partial charge in [-0.3, -0.25) is 0 Å². The van der Waals surface area contributed by atoms with Gasteiger partial charge in [0, 0.05) is 40.3 Å². The van der Waals surface area contributed by atoms with E-state index in [1.165, 1.54) is 43.9 Å². The first-order chi connectivity index (χ1) is 16.0. The van der Waals surface area contributed by atoms with Crippen molar-refractivity contribution < 1.29 is 0 Å². The summed E-state index contributed by atoms with van der Waals surface area (Å²) >= 11 is 0. The zero-order valence-electron chi connectivity index (χ0n) is 21.3. The van der Waals surface area contributed by atoms with Crippen molar-refractivity contribution >= 4 is 5.57 Å². The van der Waals surface area contributed by atoms with Crippen molar-refractivity contribution in [3.05, 3.63) is 78.2 Å². The fraction of sp³-hybridized carbons (Fsp3) is 0.464. The van der Waals surface area contributed by atoms with Gasteiger partial charge >= 0.3 is 0 Å². The van der Waals surface area contributed by atoms with E-state index in [1.54, 1.807) is 0 Å². The van der Waals surface area contributed by atoms with Gasteiger partial charge in [0.1, 0.15) is 0 Å². The van der Waals surface area contributed by atoms with Crippen LogP contribution in [0.4, 0.5) is 0 Å². The zero-order valence-corrected chi connectivity index (χ0v) is 21.3. The molecule has 5 heteroatoms. The number of nitrogens with one attached hydrogen (secondary N) is 2. The molecule has 1 atom stereocenters. The Kier molecular flexibility index (Phi) is 13.6. The standard InChI is InChI=1S/C20H23N3.C6H14N2.C2H6/c1-5-7-20(22-15(2)23(3)4)19-11-10-18(13-19)17-9-6-8-16(12-17)14-21;1-2-8-5-3-7-4-6-8;1-2/h5-6,8-10,12-13,20,22H,1-2,7,11H2,3-4H3;7H,2-6H2,1H3;1-2H3. The Balaban J connectivity index is 0.000000454. The number of allylic oxidation sites excluding steroid dienone is 3. The predicted molar refractivity (Wildman–Crippen MR) is 143 cm³/mol. The van der Waals surface area contributed by atoms with Crippen LogP contribution < -0.4 is 10.6 Å². The minimum Gasteiger partial charge on any atom is -0.365 e. The summed E-state index contributed by atoms with van der Waals surface area (Å²) in [6.45, 7) is 20.1. The van der Waals surface area contributed by atoms with E-state index >= 15 is 0 Å². The number of nitrogens with zero attached hydrogens (tertiary/aromatic N) is 3. The van der Waals surface area contributed by atoms with E-state index in [-0.39, 0.29) is 6.04 Å². The van der Waals surface area contributed by atoms with Crippen LogP contribution in [-0.2, 0) is 0 Å². The summed E-state index contributed by atoms with van der Waals surface area (Å²) in [5.41, 5.74) is 4.25. The molecule has 1 aliphatic heterocycles. The third-order valence-corrected chi connectivity index (χ3v) is 5.61. The molecule has 0 amide bonds. The molecule has 0 bridgehead atoms. The minimum atomic E-state index is 0.190. The number of likely N-dealkylation sites (N-methyl/N-ethyl adjacent to an activating group) is 1. The van der Waals surface area contributed by atoms with Crippen molar-refractivity contribution in [1.29, 1.82) is 5.26 Å². The summed E-state index contributed by atoms with van der Waals surface area (Å²) in [6.07, 6.45) is 8.09. The second kappa shape index (κ2) is 15.9. The lowest BCUT2D eigenvalue weighted by Gasteiger charge is -2.25. The molecular weight excluding hydrogens is 406 g/mol. The van der Waals surface area contributed by atoms with E-state index in [0.717, 1.165) is 24.2 Å². The van der Waals surface area contributed by atoms with E-state index in [4.69, 9.17) is 5.26 Å². The molecule has 1 aromatic rings. The van der Waals surface area contributed by atoms with Gasteiger partial charge < -0.3 is 20.4 Å². The summed E-state index contributed by atoms with van der Waals surface area (Å²) < 4.78 is 0. The van der Waals surface area contributed by atoms with Crippen LogP contribution in [0.1, 0.15) is 44.7 Å². The van der Waals surface area contributed by atoms with Gasteiger partial charge in [-0.25, -0.2) is 0 Å². The Morgan fingerprint density at radius 2 is 2.00 bits per heavy atom. The Hall–Kier alpha value is -2.81. The summed E-state index contributed by atoms with van der Waals surface area (Å²) in [5, 5.41) is 15.8. The van der Waals surface area contributed by atoms with Crippen LogP contribution in [-0.4, -0.2) is 62.7 Å². The molecule has 1 heterocycles. The first-order valence-corrected chi connectivity index (χ1v) is 12.1. The van der Waals surface area contributed by atoms with E-state index in [2.05, 4.69) is 53.8 Å². The van der Waals surface area contributed by atoms with Crippen molar-refractivity contribution in [3.8, 4) is 6.07 Å². The Bertz CT molecular complexity index is 838. The van der Waals surface area contributed by atoms with E-state index in [9.17, 15) is 0 Å². The van der Waals surface area contributed by atoms with Crippen molar-refractivity contribution in [2.75, 3.05) is 46.8 Å². The van der Waals surface area contributed by atoms with Crippen LogP contribution in [0.25, 0.3) is 5.57 Å². The first kappa shape index (κ1) is 28.2. The molecule has 1 fully saturated rings. The van der Waals surface area contributed by atoms with Gasteiger partial charge in [0.05, 0.1) is 23.5 Å². The van der Waals surface area contributed by atoms with Crippen LogP contribution in [0.5, 0.6) is 0 Å². The third kappa shape index (κ3) is 9.69. The largest absolute Gasteiger partial charge is 0.365 e. The molecule has 1 aliphatic carbocycles. The molecule has 0 spiro atoms. The molecule has 180 valence electrons. The summed E-state index contributed by atoms with van der Waals surface area (Å²) in [7, 11) is 3.95. The smallest absolute Gasteiger partial charge is 0.0991 e. The minimum absolute atomic E-state index is 0.190. The van der Waals surface area contributed by atoms with Crippen LogP contribution in [0.2, 0.25) is 0 Å². The number of piperazine rings is 1. The van der Waals surface area contributed by atoms with Gasteiger partial charge in [-0.2, -0.15) is 5.26 Å². The van der Waals surface area contributed by atoms with E-state index < -0.39 is 0 Å². The molecule has 2 aliphatic rings. The van der Waals surface area contributed by atoms with Crippen LogP contribution >= 0.6 is 0 Å². The van der Waals surface area contributed by atoms with E-state index in [1.807, 2.05) is 63.2 Å². The maximum atomic E-state index is 9.05. The molecule has 1 unspecified atom stereocenters. The van der Waals surface area contributed by atoms with Crippen molar-refractivity contribution in [2.45, 2.75) is 39.7 Å². The maximum absolute atomic E-state index is 9.05. The molecule has 0 radical (unpaired) electrons. The summed E-state index contributed by atoms with van der Waals surface area (Å²) in [6, 6.07) is 10.1. The Labute approximate surface area is 202 Å². The summed E-state index contributed by atoms with van der Waals surface area (Å²) in [4.78, 5) is 4.42. The lowest BCUT2D eigenvalue weighted by Crippen LogP contribution is -2.43. The van der Waals surface area contributed by atoms with Crippen molar-refractivity contribution in [1.82, 2.24) is 20.4 Å². The molecule has 0 saturated carbocycles. The van der Waals surface area contributed by atoms with Gasteiger partial charge in [-0.15, -0.1) is 6.58 Å². The lowest BCUT2D eigenvalue weighted by atomic mass is 10.0. The molecule has 33 heavy (non-hydrogen) atoms. The number of rotatable bonds is 8. The first-order valence-electron chi connectivity index (χ1n) is 12.1. The topological polar surface area (TPSA) is 54.3 Å². The molecule has 1 saturated heterocycles. The quantitative estimate of drug-likeness (QED) is 0.560. The number of nitriles is 1. The normalized spacial score (nSPS) is 15.9. The van der Waals surface area contributed by atoms with E-state index in [0.29, 0.717) is 5.56 Å². The van der Waals surface area contributed by atoms with Crippen LogP contribution in [0.3, 0.4) is 0 Å². The Morgan fingerprint density at radius 1 is 1.30 bits per heavy atom. The lowest BCUT2D eigenvalue weighted by molar-refractivity contribution is 0.253. The molecular formula is C28H43N5. The fourth-order valence-electron chi connectivity index (χ4n) is 3.58. The number of benzene rings is 1. The molecule has 1 aromatic carbocycles. The van der Waals surface area contributed by atoms with Crippen LogP contribution in [0, 0.1) is 11.3 Å². The average molecular weight is 450 g/mol. The highest BCUT2D eigenvalue weighted by atomic mass is 15.2. The monoisotopic (exact) mass is 449 g/mol. The second-order valence-corrected chi connectivity index (χ2v) is 8.02. The third-order valence-electron chi connectivity index (χ3n) is 5.61. The fourth-order valence-corrected chi connectivity index (χ4v) is 3.58. The predicted octanol–water partition coefficient (Wildman–Crippen LogP) is 4.78. The highest BCUT2D eigenvalue weighted by molar-refractivity contribution is 5.78. The highest BCUT2D eigenvalue weighted by Gasteiger charge is 2.18. The Morgan fingerprint density at radius 3 is 2.55 bits per heavy atom. The molecule has 5 nitrogen and oxygen atoms in total. The molecule has 2 N–H and O–H groups in total. The summed E-state index contributed by atoms with van der Waals surface area (Å²) in [5.74, 6) is 0.887. The highest BCUT2D eigenvalue weighted by Crippen LogP contribution is 2.29. The van der Waals surface area contributed by atoms with Crippen molar-refractivity contribution in [3.63, 3.8) is 0 Å². The SMILES string of the molecule is C=CCC(NC(=C)N(C)C)C1=CC(c2cccc(C#N)c2)=CC1.CC.CCN1CCNCC1. The number of hydrogen-bond acceptors (Lipinski definition) is 5. The van der Waals surface area contributed by atoms with Gasteiger partial charge in [-0.1, -0.05) is 57.7 Å². The maximum Gasteiger partial charge on any atom is 0.0991 e. The second-order valence-electron chi connectivity index (χ2n) is 8.02. The van der Waals surface area contributed by atoms with Gasteiger partial charge in [0.2, 0.25) is 0 Å². The average Bonchev–Trinajstić information content (AvgIpc) is 3.36. The number of hydrogen-bond donors (Lipinski definition) is 2. The van der Waals surface area contributed by atoms with Crippen LogP contribution in [0.15, 0.2) is 67.0 Å². The molecule has 3 rings (SSSR count). The molecule has 0 aromatic heterocycles. The van der Waals surface area contributed by atoms with Gasteiger partial charge in [0.25, 0.3) is 0 Å².